The molecular weight excluding hydrogens is 202 g/mol. The Morgan fingerprint density at radius 3 is 2.50 bits per heavy atom. The van der Waals surface area contributed by atoms with Gasteiger partial charge in [0.15, 0.2) is 0 Å². The Balaban J connectivity index is 1.98. The van der Waals surface area contributed by atoms with Gasteiger partial charge in [-0.1, -0.05) is 5.57 Å². The first kappa shape index (κ1) is 10.9. The SMILES string of the molecule is O=C(O)C=C1CCC(c2ccncc2)CC1. The number of carbonyl (C=O) groups is 1. The number of hydrogen-bond acceptors (Lipinski definition) is 2. The van der Waals surface area contributed by atoms with E-state index in [1.807, 2.05) is 12.4 Å². The van der Waals surface area contributed by atoms with Gasteiger partial charge in [-0.15, -0.1) is 0 Å². The monoisotopic (exact) mass is 217 g/mol. The van der Waals surface area contributed by atoms with Crippen molar-refractivity contribution in [1.29, 1.82) is 0 Å². The van der Waals surface area contributed by atoms with Gasteiger partial charge in [0.2, 0.25) is 0 Å². The van der Waals surface area contributed by atoms with Crippen LogP contribution in [0, 0.1) is 0 Å². The van der Waals surface area contributed by atoms with Crippen molar-refractivity contribution in [3.63, 3.8) is 0 Å². The van der Waals surface area contributed by atoms with Gasteiger partial charge in [-0.3, -0.25) is 4.98 Å². The van der Waals surface area contributed by atoms with Crippen LogP contribution in [-0.4, -0.2) is 16.1 Å². The first-order valence-corrected chi connectivity index (χ1v) is 5.58. The average Bonchev–Trinajstić information content (AvgIpc) is 2.30. The molecule has 3 heteroatoms. The number of pyridine rings is 1. The molecule has 1 aliphatic carbocycles. The standard InChI is InChI=1S/C13H15NO2/c15-13(16)9-10-1-3-11(4-2-10)12-5-7-14-8-6-12/h5-9,11H,1-4H2,(H,15,16). The minimum Gasteiger partial charge on any atom is -0.478 e. The van der Waals surface area contributed by atoms with Crippen molar-refractivity contribution < 1.29 is 9.90 Å². The second-order valence-corrected chi connectivity index (χ2v) is 4.20. The quantitative estimate of drug-likeness (QED) is 0.775. The summed E-state index contributed by atoms with van der Waals surface area (Å²) in [6, 6.07) is 4.10. The molecule has 0 aromatic carbocycles. The van der Waals surface area contributed by atoms with E-state index < -0.39 is 5.97 Å². The molecule has 1 aromatic rings. The number of aromatic nitrogens is 1. The molecule has 1 aliphatic rings. The minimum absolute atomic E-state index is 0.564. The highest BCUT2D eigenvalue weighted by molar-refractivity contribution is 5.80. The van der Waals surface area contributed by atoms with E-state index in [9.17, 15) is 4.79 Å². The molecule has 0 bridgehead atoms. The molecule has 1 fully saturated rings. The van der Waals surface area contributed by atoms with Gasteiger partial charge >= 0.3 is 5.97 Å². The Hall–Kier alpha value is -1.64. The van der Waals surface area contributed by atoms with E-state index in [0.717, 1.165) is 31.3 Å². The van der Waals surface area contributed by atoms with Crippen molar-refractivity contribution in [2.75, 3.05) is 0 Å². The Labute approximate surface area is 94.8 Å². The van der Waals surface area contributed by atoms with E-state index >= 15 is 0 Å². The number of nitrogens with zero attached hydrogens (tertiary/aromatic N) is 1. The summed E-state index contributed by atoms with van der Waals surface area (Å²) in [7, 11) is 0. The van der Waals surface area contributed by atoms with Gasteiger partial charge in [0.05, 0.1) is 0 Å². The highest BCUT2D eigenvalue weighted by Gasteiger charge is 2.18. The summed E-state index contributed by atoms with van der Waals surface area (Å²) in [5.41, 5.74) is 2.39. The van der Waals surface area contributed by atoms with E-state index in [1.165, 1.54) is 11.6 Å². The molecular formula is C13H15NO2. The fourth-order valence-electron chi connectivity index (χ4n) is 2.28. The van der Waals surface area contributed by atoms with Gasteiger partial charge in [0, 0.05) is 18.5 Å². The summed E-state index contributed by atoms with van der Waals surface area (Å²) in [4.78, 5) is 14.5. The molecule has 1 saturated carbocycles. The van der Waals surface area contributed by atoms with Crippen LogP contribution in [0.3, 0.4) is 0 Å². The van der Waals surface area contributed by atoms with Crippen LogP contribution in [0.2, 0.25) is 0 Å². The van der Waals surface area contributed by atoms with E-state index in [4.69, 9.17) is 5.11 Å². The van der Waals surface area contributed by atoms with Crippen LogP contribution in [0.15, 0.2) is 36.2 Å². The van der Waals surface area contributed by atoms with Crippen LogP contribution in [0.5, 0.6) is 0 Å². The lowest BCUT2D eigenvalue weighted by Crippen LogP contribution is -2.07. The first-order valence-electron chi connectivity index (χ1n) is 5.58. The molecule has 0 unspecified atom stereocenters. The molecule has 16 heavy (non-hydrogen) atoms. The molecule has 1 heterocycles. The summed E-state index contributed by atoms with van der Waals surface area (Å²) in [6.45, 7) is 0. The maximum absolute atomic E-state index is 10.5. The molecule has 84 valence electrons. The van der Waals surface area contributed by atoms with Crippen LogP contribution < -0.4 is 0 Å². The van der Waals surface area contributed by atoms with Crippen molar-refractivity contribution >= 4 is 5.97 Å². The van der Waals surface area contributed by atoms with Crippen LogP contribution in [0.1, 0.15) is 37.2 Å². The normalized spacial score (nSPS) is 20.5. The van der Waals surface area contributed by atoms with Crippen LogP contribution in [0.4, 0.5) is 0 Å². The van der Waals surface area contributed by atoms with Crippen molar-refractivity contribution in [2.45, 2.75) is 31.6 Å². The van der Waals surface area contributed by atoms with Crippen molar-refractivity contribution in [3.8, 4) is 0 Å². The number of carboxylic acid groups (broad SMARTS) is 1. The summed E-state index contributed by atoms with van der Waals surface area (Å²) in [5, 5.41) is 8.66. The maximum atomic E-state index is 10.5. The third-order valence-electron chi connectivity index (χ3n) is 3.13. The molecule has 0 aliphatic heterocycles. The molecule has 0 radical (unpaired) electrons. The lowest BCUT2D eigenvalue weighted by atomic mass is 9.82. The Morgan fingerprint density at radius 1 is 1.31 bits per heavy atom. The molecule has 0 spiro atoms. The zero-order valence-corrected chi connectivity index (χ0v) is 9.10. The van der Waals surface area contributed by atoms with Gasteiger partial charge in [-0.2, -0.15) is 0 Å². The van der Waals surface area contributed by atoms with E-state index in [1.54, 1.807) is 0 Å². The van der Waals surface area contributed by atoms with E-state index in [0.29, 0.717) is 5.92 Å². The predicted molar refractivity (Wildman–Crippen MR) is 61.2 cm³/mol. The fraction of sp³-hybridized carbons (Fsp3) is 0.385. The second kappa shape index (κ2) is 4.92. The van der Waals surface area contributed by atoms with Crippen molar-refractivity contribution in [3.05, 3.63) is 41.7 Å². The molecule has 0 amide bonds. The molecule has 1 N–H and O–H groups in total. The second-order valence-electron chi connectivity index (χ2n) is 4.20. The minimum atomic E-state index is -0.822. The summed E-state index contributed by atoms with van der Waals surface area (Å²) in [6.07, 6.45) is 8.89. The molecule has 0 atom stereocenters. The predicted octanol–water partition coefficient (Wildman–Crippen LogP) is 2.75. The van der Waals surface area contributed by atoms with Gasteiger partial charge in [-0.05, 0) is 49.3 Å². The van der Waals surface area contributed by atoms with Crippen molar-refractivity contribution in [1.82, 2.24) is 4.98 Å². The smallest absolute Gasteiger partial charge is 0.328 e. The van der Waals surface area contributed by atoms with Gasteiger partial charge in [-0.25, -0.2) is 4.79 Å². The van der Waals surface area contributed by atoms with Crippen LogP contribution in [0.25, 0.3) is 0 Å². The lowest BCUT2D eigenvalue weighted by molar-refractivity contribution is -0.131. The largest absolute Gasteiger partial charge is 0.478 e. The van der Waals surface area contributed by atoms with E-state index in [-0.39, 0.29) is 0 Å². The van der Waals surface area contributed by atoms with Gasteiger partial charge in [0.1, 0.15) is 0 Å². The number of rotatable bonds is 2. The zero-order valence-electron chi connectivity index (χ0n) is 9.10. The Kier molecular flexibility index (Phi) is 3.34. The third-order valence-corrected chi connectivity index (χ3v) is 3.13. The van der Waals surface area contributed by atoms with E-state index in [2.05, 4.69) is 17.1 Å². The summed E-state index contributed by atoms with van der Waals surface area (Å²) < 4.78 is 0. The topological polar surface area (TPSA) is 50.2 Å². The number of aliphatic carboxylic acids is 1. The summed E-state index contributed by atoms with van der Waals surface area (Å²) in [5.74, 6) is -0.258. The lowest BCUT2D eigenvalue weighted by Gasteiger charge is -2.23. The number of allylic oxidation sites excluding steroid dienone is 1. The van der Waals surface area contributed by atoms with Gasteiger partial charge < -0.3 is 5.11 Å². The number of hydrogen-bond donors (Lipinski definition) is 1. The summed E-state index contributed by atoms with van der Waals surface area (Å²) >= 11 is 0. The molecule has 2 rings (SSSR count). The maximum Gasteiger partial charge on any atom is 0.328 e. The molecule has 1 aromatic heterocycles. The fourth-order valence-corrected chi connectivity index (χ4v) is 2.28. The zero-order chi connectivity index (χ0) is 11.4. The average molecular weight is 217 g/mol. The Bertz CT molecular complexity index is 388. The molecule has 0 saturated heterocycles. The van der Waals surface area contributed by atoms with Gasteiger partial charge in [0.25, 0.3) is 0 Å². The molecule has 3 nitrogen and oxygen atoms in total. The van der Waals surface area contributed by atoms with Crippen LogP contribution >= 0.6 is 0 Å². The van der Waals surface area contributed by atoms with Crippen molar-refractivity contribution in [2.24, 2.45) is 0 Å². The highest BCUT2D eigenvalue weighted by atomic mass is 16.4. The highest BCUT2D eigenvalue weighted by Crippen LogP contribution is 2.34. The first-order chi connectivity index (χ1) is 7.75. The Morgan fingerprint density at radius 2 is 1.94 bits per heavy atom. The third kappa shape index (κ3) is 2.69. The van der Waals surface area contributed by atoms with Crippen LogP contribution in [-0.2, 0) is 4.79 Å². The number of carboxylic acids is 1.